The number of sulfonamides is 1. The molecule has 8 heteroatoms. The van der Waals surface area contributed by atoms with Crippen molar-refractivity contribution in [3.05, 3.63) is 28.8 Å². The van der Waals surface area contributed by atoms with Crippen molar-refractivity contribution in [1.29, 1.82) is 0 Å². The number of nitrogens with zero attached hydrogens (tertiary/aromatic N) is 2. The van der Waals surface area contributed by atoms with Crippen molar-refractivity contribution in [2.24, 2.45) is 0 Å². The molecule has 0 saturated carbocycles. The highest BCUT2D eigenvalue weighted by Gasteiger charge is 2.37. The van der Waals surface area contributed by atoms with Crippen LogP contribution in [0.2, 0.25) is 5.02 Å². The van der Waals surface area contributed by atoms with E-state index in [9.17, 15) is 13.2 Å². The molecule has 1 fully saturated rings. The largest absolute Gasteiger partial charge is 0.444 e. The lowest BCUT2D eigenvalue weighted by molar-refractivity contribution is 0.135. The van der Waals surface area contributed by atoms with Crippen LogP contribution in [0.15, 0.2) is 18.2 Å². The molecule has 0 N–H and O–H groups in total. The van der Waals surface area contributed by atoms with Gasteiger partial charge in [-0.3, -0.25) is 4.90 Å². The van der Waals surface area contributed by atoms with Gasteiger partial charge in [-0.1, -0.05) is 11.6 Å². The number of cyclic esters (lactones) is 1. The van der Waals surface area contributed by atoms with E-state index in [4.69, 9.17) is 16.3 Å². The van der Waals surface area contributed by atoms with Crippen LogP contribution in [0.25, 0.3) is 0 Å². The van der Waals surface area contributed by atoms with Gasteiger partial charge >= 0.3 is 6.09 Å². The third kappa shape index (κ3) is 3.12. The zero-order valence-electron chi connectivity index (χ0n) is 13.7. The molecule has 132 valence electrons. The molecule has 0 radical (unpaired) electrons. The summed E-state index contributed by atoms with van der Waals surface area (Å²) in [5.41, 5.74) is 1.68. The van der Waals surface area contributed by atoms with E-state index >= 15 is 0 Å². The van der Waals surface area contributed by atoms with Crippen LogP contribution in [0.1, 0.15) is 32.3 Å². The number of fused-ring (bicyclic) bond motifs is 1. The van der Waals surface area contributed by atoms with Crippen molar-refractivity contribution < 1.29 is 17.9 Å². The topological polar surface area (TPSA) is 66.9 Å². The highest BCUT2D eigenvalue weighted by Crippen LogP contribution is 2.34. The molecule has 0 aliphatic carbocycles. The molecule has 24 heavy (non-hydrogen) atoms. The van der Waals surface area contributed by atoms with Crippen molar-refractivity contribution in [2.45, 2.75) is 44.6 Å². The van der Waals surface area contributed by atoms with Crippen LogP contribution < -0.4 is 4.90 Å². The van der Waals surface area contributed by atoms with E-state index < -0.39 is 15.3 Å². The van der Waals surface area contributed by atoms with Crippen LogP contribution in [0.5, 0.6) is 0 Å². The second kappa shape index (κ2) is 6.54. The van der Waals surface area contributed by atoms with Crippen molar-refractivity contribution in [1.82, 2.24) is 4.31 Å². The van der Waals surface area contributed by atoms with E-state index in [0.717, 1.165) is 11.3 Å². The van der Waals surface area contributed by atoms with Gasteiger partial charge in [-0.2, -0.15) is 0 Å². The summed E-state index contributed by atoms with van der Waals surface area (Å²) in [5.74, 6) is 0. The Morgan fingerprint density at radius 3 is 2.54 bits per heavy atom. The first kappa shape index (κ1) is 17.5. The van der Waals surface area contributed by atoms with Crippen molar-refractivity contribution >= 4 is 33.4 Å². The second-order valence-corrected chi connectivity index (χ2v) is 9.35. The summed E-state index contributed by atoms with van der Waals surface area (Å²) >= 11 is 6.01. The van der Waals surface area contributed by atoms with Gasteiger partial charge in [0.25, 0.3) is 0 Å². The Balaban J connectivity index is 1.79. The fraction of sp³-hybridized carbons (Fsp3) is 0.562. The molecule has 1 amide bonds. The van der Waals surface area contributed by atoms with Gasteiger partial charge in [-0.05, 0) is 44.9 Å². The molecular weight excluding hydrogens is 352 g/mol. The summed E-state index contributed by atoms with van der Waals surface area (Å²) in [6, 6.07) is 5.31. The van der Waals surface area contributed by atoms with Crippen LogP contribution in [-0.4, -0.2) is 43.2 Å². The Morgan fingerprint density at radius 1 is 1.25 bits per heavy atom. The Bertz CT molecular complexity index is 742. The minimum atomic E-state index is -3.25. The standard InChI is InChI=1S/C16H21ClN2O4S/c1-11(2)24(21,22)18-7-5-14(6-8-18)19-15-4-3-13(17)9-12(15)10-23-16(19)20/h3-4,9,11,14H,5-8,10H2,1-2H3. The normalized spacial score (nSPS) is 20.2. The number of carbonyl (C=O) groups is 1. The summed E-state index contributed by atoms with van der Waals surface area (Å²) in [6.07, 6.45) is 0.793. The van der Waals surface area contributed by atoms with Gasteiger partial charge in [-0.25, -0.2) is 17.5 Å². The Morgan fingerprint density at radius 2 is 1.92 bits per heavy atom. The number of anilines is 1. The van der Waals surface area contributed by atoms with E-state index in [2.05, 4.69) is 0 Å². The van der Waals surface area contributed by atoms with Crippen LogP contribution in [0.4, 0.5) is 10.5 Å². The minimum Gasteiger partial charge on any atom is -0.444 e. The van der Waals surface area contributed by atoms with Crippen molar-refractivity contribution in [3.63, 3.8) is 0 Å². The van der Waals surface area contributed by atoms with Crippen LogP contribution in [-0.2, 0) is 21.4 Å². The molecule has 0 unspecified atom stereocenters. The quantitative estimate of drug-likeness (QED) is 0.818. The molecule has 1 saturated heterocycles. The number of rotatable bonds is 3. The zero-order chi connectivity index (χ0) is 17.5. The number of ether oxygens (including phenoxy) is 1. The number of halogens is 1. The molecule has 2 aliphatic rings. The average Bonchev–Trinajstić information content (AvgIpc) is 2.55. The molecule has 0 spiro atoms. The van der Waals surface area contributed by atoms with Crippen LogP contribution in [0.3, 0.4) is 0 Å². The molecule has 1 aromatic carbocycles. The molecule has 1 aromatic rings. The zero-order valence-corrected chi connectivity index (χ0v) is 15.3. The van der Waals surface area contributed by atoms with Gasteiger partial charge in [-0.15, -0.1) is 0 Å². The molecule has 0 bridgehead atoms. The summed E-state index contributed by atoms with van der Waals surface area (Å²) < 4.78 is 31.3. The Labute approximate surface area is 147 Å². The predicted molar refractivity (Wildman–Crippen MR) is 92.8 cm³/mol. The smallest absolute Gasteiger partial charge is 0.414 e. The molecular formula is C16H21ClN2O4S. The maximum absolute atomic E-state index is 12.3. The van der Waals surface area contributed by atoms with Gasteiger partial charge in [0.15, 0.2) is 0 Å². The third-order valence-corrected chi connectivity index (χ3v) is 7.10. The highest BCUT2D eigenvalue weighted by atomic mass is 35.5. The first-order chi connectivity index (χ1) is 11.3. The Hall–Kier alpha value is -1.31. The summed E-state index contributed by atoms with van der Waals surface area (Å²) in [6.45, 7) is 4.41. The van der Waals surface area contributed by atoms with Crippen LogP contribution in [0, 0.1) is 0 Å². The monoisotopic (exact) mass is 372 g/mol. The molecule has 2 heterocycles. The Kier molecular flexibility index (Phi) is 4.77. The SMILES string of the molecule is CC(C)S(=O)(=O)N1CCC(N2C(=O)OCc3cc(Cl)ccc32)CC1. The summed E-state index contributed by atoms with van der Waals surface area (Å²) in [4.78, 5) is 13.9. The first-order valence-corrected chi connectivity index (χ1v) is 9.92. The number of hydrogen-bond donors (Lipinski definition) is 0. The number of carbonyl (C=O) groups excluding carboxylic acids is 1. The van der Waals surface area contributed by atoms with Crippen LogP contribution >= 0.6 is 11.6 Å². The molecule has 0 atom stereocenters. The number of amides is 1. The van der Waals surface area contributed by atoms with E-state index in [0.29, 0.717) is 31.0 Å². The lowest BCUT2D eigenvalue weighted by atomic mass is 10.0. The minimum absolute atomic E-state index is 0.0728. The fourth-order valence-electron chi connectivity index (χ4n) is 3.21. The summed E-state index contributed by atoms with van der Waals surface area (Å²) in [5, 5.41) is 0.168. The van der Waals surface area contributed by atoms with Crippen molar-refractivity contribution in [3.8, 4) is 0 Å². The second-order valence-electron chi connectivity index (χ2n) is 6.42. The molecule has 6 nitrogen and oxygen atoms in total. The van der Waals surface area contributed by atoms with Gasteiger partial charge < -0.3 is 4.74 Å². The van der Waals surface area contributed by atoms with E-state index in [1.165, 1.54) is 4.31 Å². The molecule has 2 aliphatic heterocycles. The molecule has 3 rings (SSSR count). The lowest BCUT2D eigenvalue weighted by Crippen LogP contribution is -2.51. The third-order valence-electron chi connectivity index (χ3n) is 4.59. The van der Waals surface area contributed by atoms with E-state index in [1.807, 2.05) is 6.07 Å². The van der Waals surface area contributed by atoms with Crippen molar-refractivity contribution in [2.75, 3.05) is 18.0 Å². The lowest BCUT2D eigenvalue weighted by Gasteiger charge is -2.40. The number of hydrogen-bond acceptors (Lipinski definition) is 4. The average molecular weight is 373 g/mol. The van der Waals surface area contributed by atoms with Gasteiger partial charge in [0, 0.05) is 29.7 Å². The molecule has 0 aromatic heterocycles. The predicted octanol–water partition coefficient (Wildman–Crippen LogP) is 3.00. The number of benzene rings is 1. The first-order valence-electron chi connectivity index (χ1n) is 8.04. The van der Waals surface area contributed by atoms with Gasteiger partial charge in [0.05, 0.1) is 10.9 Å². The summed E-state index contributed by atoms with van der Waals surface area (Å²) in [7, 11) is -3.25. The van der Waals surface area contributed by atoms with E-state index in [1.54, 1.807) is 30.9 Å². The maximum Gasteiger partial charge on any atom is 0.414 e. The number of piperidine rings is 1. The van der Waals surface area contributed by atoms with E-state index in [-0.39, 0.29) is 18.7 Å². The maximum atomic E-state index is 12.3. The highest BCUT2D eigenvalue weighted by molar-refractivity contribution is 7.89. The van der Waals surface area contributed by atoms with Gasteiger partial charge in [0.1, 0.15) is 6.61 Å². The fourth-order valence-corrected chi connectivity index (χ4v) is 4.72. The van der Waals surface area contributed by atoms with Gasteiger partial charge in [0.2, 0.25) is 10.0 Å².